The van der Waals surface area contributed by atoms with E-state index >= 15 is 0 Å². The molecule has 1 heteroatoms. The van der Waals surface area contributed by atoms with Crippen molar-refractivity contribution in [1.29, 1.82) is 0 Å². The molecule has 1 N–H and O–H groups in total. The fourth-order valence-electron chi connectivity index (χ4n) is 9.98. The van der Waals surface area contributed by atoms with Gasteiger partial charge in [0.2, 0.25) is 0 Å². The molecule has 0 aromatic rings. The van der Waals surface area contributed by atoms with Gasteiger partial charge in [-0.3, -0.25) is 0 Å². The van der Waals surface area contributed by atoms with E-state index in [1.807, 2.05) is 0 Å². The van der Waals surface area contributed by atoms with Gasteiger partial charge in [-0.15, -0.1) is 6.58 Å². The minimum Gasteiger partial charge on any atom is -0.393 e. The Labute approximate surface area is 193 Å². The van der Waals surface area contributed by atoms with E-state index in [1.54, 1.807) is 0 Å². The van der Waals surface area contributed by atoms with Gasteiger partial charge in [-0.2, -0.15) is 0 Å². The van der Waals surface area contributed by atoms with Gasteiger partial charge >= 0.3 is 0 Å². The van der Waals surface area contributed by atoms with Crippen molar-refractivity contribution in [3.8, 4) is 0 Å². The maximum absolute atomic E-state index is 10.5. The molecular formula is C30H52O. The minimum absolute atomic E-state index is 0.0571. The summed E-state index contributed by atoms with van der Waals surface area (Å²) in [5, 5.41) is 10.5. The number of hydrogen-bond acceptors (Lipinski definition) is 1. The van der Waals surface area contributed by atoms with Crippen LogP contribution in [-0.2, 0) is 0 Å². The third-order valence-electron chi connectivity index (χ3n) is 11.5. The zero-order valence-electron chi connectivity index (χ0n) is 21.4. The van der Waals surface area contributed by atoms with Gasteiger partial charge in [-0.05, 0) is 116 Å². The van der Waals surface area contributed by atoms with Crippen LogP contribution in [0.15, 0.2) is 12.7 Å². The van der Waals surface area contributed by atoms with Gasteiger partial charge in [-0.25, -0.2) is 0 Å². The number of hydrogen-bond donors (Lipinski definition) is 1. The SMILES string of the molecule is C=CC[C@H]1C[C@H]2[C@@H]3CC[C@H]([C@H](C)CCCC(C)C)[C@@]3(C)CC[C@@H]2[C@@]2(C)CC[C@@H](O)CC12. The summed E-state index contributed by atoms with van der Waals surface area (Å²) in [7, 11) is 0. The molecule has 0 bridgehead atoms. The lowest BCUT2D eigenvalue weighted by Gasteiger charge is -2.63. The lowest BCUT2D eigenvalue weighted by Crippen LogP contribution is -2.56. The highest BCUT2D eigenvalue weighted by molar-refractivity contribution is 5.11. The van der Waals surface area contributed by atoms with Crippen LogP contribution in [0.3, 0.4) is 0 Å². The molecule has 31 heavy (non-hydrogen) atoms. The molecule has 4 aliphatic rings. The molecule has 1 unspecified atom stereocenters. The molecular weight excluding hydrogens is 376 g/mol. The van der Waals surface area contributed by atoms with Crippen LogP contribution in [0, 0.1) is 58.2 Å². The predicted molar refractivity (Wildman–Crippen MR) is 133 cm³/mol. The summed E-state index contributed by atoms with van der Waals surface area (Å²) in [6, 6.07) is 0. The highest BCUT2D eigenvalue weighted by Gasteiger charge is 2.62. The summed E-state index contributed by atoms with van der Waals surface area (Å²) >= 11 is 0. The molecule has 0 aromatic heterocycles. The first-order valence-electron chi connectivity index (χ1n) is 14.0. The summed E-state index contributed by atoms with van der Waals surface area (Å²) in [4.78, 5) is 0. The fraction of sp³-hybridized carbons (Fsp3) is 0.933. The van der Waals surface area contributed by atoms with Crippen LogP contribution in [0.2, 0.25) is 0 Å². The summed E-state index contributed by atoms with van der Waals surface area (Å²) < 4.78 is 0. The fourth-order valence-corrected chi connectivity index (χ4v) is 9.98. The van der Waals surface area contributed by atoms with Crippen LogP contribution in [-0.4, -0.2) is 11.2 Å². The molecule has 0 spiro atoms. The first-order chi connectivity index (χ1) is 14.7. The summed E-state index contributed by atoms with van der Waals surface area (Å²) in [6.45, 7) is 16.8. The van der Waals surface area contributed by atoms with E-state index < -0.39 is 0 Å². The van der Waals surface area contributed by atoms with Crippen molar-refractivity contribution in [3.63, 3.8) is 0 Å². The Hall–Kier alpha value is -0.300. The standard InChI is InChI=1S/C30H52O/c1-7-9-22-18-24-26-13-12-25(21(4)11-8-10-20(2)3)29(26,5)17-15-27(24)30(6)16-14-23(31)19-28(22)30/h7,20-28,31H,1,8-19H2,2-6H3/t21-,22+,23-,24+,25-,26+,27+,28?,29-,30-/m1/s1. The Morgan fingerprint density at radius 2 is 1.61 bits per heavy atom. The zero-order valence-corrected chi connectivity index (χ0v) is 21.4. The Bertz CT molecular complexity index is 624. The van der Waals surface area contributed by atoms with Crippen LogP contribution in [0.1, 0.15) is 112 Å². The molecule has 0 saturated heterocycles. The van der Waals surface area contributed by atoms with Gasteiger partial charge in [0.25, 0.3) is 0 Å². The molecule has 0 amide bonds. The van der Waals surface area contributed by atoms with Crippen molar-refractivity contribution in [2.45, 2.75) is 118 Å². The Kier molecular flexibility index (Phi) is 7.04. The second kappa shape index (κ2) is 9.15. The molecule has 0 radical (unpaired) electrons. The first kappa shape index (κ1) is 23.8. The van der Waals surface area contributed by atoms with E-state index in [-0.39, 0.29) is 6.10 Å². The minimum atomic E-state index is -0.0571. The van der Waals surface area contributed by atoms with Crippen molar-refractivity contribution in [2.24, 2.45) is 58.2 Å². The van der Waals surface area contributed by atoms with E-state index in [0.717, 1.165) is 60.7 Å². The van der Waals surface area contributed by atoms with Gasteiger partial charge < -0.3 is 5.11 Å². The first-order valence-corrected chi connectivity index (χ1v) is 14.0. The molecule has 4 saturated carbocycles. The van der Waals surface area contributed by atoms with Crippen LogP contribution in [0.25, 0.3) is 0 Å². The molecule has 4 fully saturated rings. The molecule has 10 atom stereocenters. The number of rotatable bonds is 7. The average Bonchev–Trinajstić information content (AvgIpc) is 3.06. The topological polar surface area (TPSA) is 20.2 Å². The lowest BCUT2D eigenvalue weighted by atomic mass is 9.42. The van der Waals surface area contributed by atoms with Crippen LogP contribution in [0.4, 0.5) is 0 Å². The Morgan fingerprint density at radius 3 is 2.32 bits per heavy atom. The molecule has 178 valence electrons. The van der Waals surface area contributed by atoms with Crippen LogP contribution in [0.5, 0.6) is 0 Å². The van der Waals surface area contributed by atoms with Crippen molar-refractivity contribution in [1.82, 2.24) is 0 Å². The molecule has 4 aliphatic carbocycles. The number of aliphatic hydroxyl groups excluding tert-OH is 1. The highest BCUT2D eigenvalue weighted by Crippen LogP contribution is 2.69. The van der Waals surface area contributed by atoms with Crippen LogP contribution < -0.4 is 0 Å². The van der Waals surface area contributed by atoms with Crippen molar-refractivity contribution < 1.29 is 5.11 Å². The maximum Gasteiger partial charge on any atom is 0.0543 e. The van der Waals surface area contributed by atoms with E-state index in [1.165, 1.54) is 57.8 Å². The lowest BCUT2D eigenvalue weighted by molar-refractivity contribution is -0.151. The average molecular weight is 429 g/mol. The van der Waals surface area contributed by atoms with Gasteiger partial charge in [0.1, 0.15) is 0 Å². The number of allylic oxidation sites excluding steroid dienone is 1. The zero-order chi connectivity index (χ0) is 22.4. The highest BCUT2D eigenvalue weighted by atomic mass is 16.3. The summed E-state index contributed by atoms with van der Waals surface area (Å²) in [5.74, 6) is 6.93. The van der Waals surface area contributed by atoms with Gasteiger partial charge in [-0.1, -0.05) is 60.0 Å². The third-order valence-corrected chi connectivity index (χ3v) is 11.5. The maximum atomic E-state index is 10.5. The Morgan fingerprint density at radius 1 is 0.903 bits per heavy atom. The predicted octanol–water partition coefficient (Wildman–Crippen LogP) is 8.27. The van der Waals surface area contributed by atoms with Gasteiger partial charge in [0.05, 0.1) is 6.10 Å². The van der Waals surface area contributed by atoms with Crippen molar-refractivity contribution in [2.75, 3.05) is 0 Å². The van der Waals surface area contributed by atoms with E-state index in [4.69, 9.17) is 0 Å². The Balaban J connectivity index is 1.53. The summed E-state index contributed by atoms with van der Waals surface area (Å²) in [6.07, 6.45) is 18.2. The van der Waals surface area contributed by atoms with Gasteiger partial charge in [0, 0.05) is 0 Å². The third kappa shape index (κ3) is 4.20. The van der Waals surface area contributed by atoms with E-state index in [2.05, 4.69) is 47.3 Å². The van der Waals surface area contributed by atoms with Gasteiger partial charge in [0.15, 0.2) is 0 Å². The largest absolute Gasteiger partial charge is 0.393 e. The molecule has 1 nitrogen and oxygen atoms in total. The van der Waals surface area contributed by atoms with Crippen molar-refractivity contribution >= 4 is 0 Å². The normalized spacial score (nSPS) is 48.0. The molecule has 0 heterocycles. The number of fused-ring (bicyclic) bond motifs is 5. The summed E-state index contributed by atoms with van der Waals surface area (Å²) in [5.41, 5.74) is 1.03. The van der Waals surface area contributed by atoms with Crippen LogP contribution >= 0.6 is 0 Å². The number of aliphatic hydroxyl groups is 1. The molecule has 4 rings (SSSR count). The molecule has 0 aliphatic heterocycles. The van der Waals surface area contributed by atoms with E-state index in [0.29, 0.717) is 16.7 Å². The second-order valence-corrected chi connectivity index (χ2v) is 13.5. The molecule has 0 aromatic carbocycles. The monoisotopic (exact) mass is 428 g/mol. The quantitative estimate of drug-likeness (QED) is 0.404. The van der Waals surface area contributed by atoms with Crippen molar-refractivity contribution in [3.05, 3.63) is 12.7 Å². The van der Waals surface area contributed by atoms with E-state index in [9.17, 15) is 5.11 Å². The smallest absolute Gasteiger partial charge is 0.0543 e. The second-order valence-electron chi connectivity index (χ2n) is 13.5.